The molecule has 1 fully saturated rings. The molecule has 1 N–H and O–H groups in total. The van der Waals surface area contributed by atoms with E-state index < -0.39 is 5.60 Å². The fourth-order valence-electron chi connectivity index (χ4n) is 3.15. The maximum Gasteiger partial charge on any atom is 0.410 e. The lowest BCUT2D eigenvalue weighted by Crippen LogP contribution is -2.62. The van der Waals surface area contributed by atoms with E-state index in [0.29, 0.717) is 25.2 Å². The molecule has 0 aromatic heterocycles. The number of rotatable bonds is 8. The Morgan fingerprint density at radius 3 is 2.43 bits per heavy atom. The zero-order valence-electron chi connectivity index (χ0n) is 16.1. The van der Waals surface area contributed by atoms with Crippen molar-refractivity contribution in [3.05, 3.63) is 0 Å². The summed E-state index contributed by atoms with van der Waals surface area (Å²) in [6.07, 6.45) is 2.26. The first-order chi connectivity index (χ1) is 10.7. The number of nitrogens with one attached hydrogen (secondary N) is 1. The average Bonchev–Trinajstić information content (AvgIpc) is 2.46. The number of amides is 1. The lowest BCUT2D eigenvalue weighted by atomic mass is 9.61. The van der Waals surface area contributed by atoms with Crippen LogP contribution in [0.4, 0.5) is 4.79 Å². The smallest absolute Gasteiger partial charge is 0.410 e. The maximum absolute atomic E-state index is 12.1. The highest BCUT2D eigenvalue weighted by Gasteiger charge is 2.50. The molecule has 5 nitrogen and oxygen atoms in total. The third-order valence-corrected chi connectivity index (χ3v) is 4.92. The molecule has 3 unspecified atom stereocenters. The lowest BCUT2D eigenvalue weighted by Gasteiger charge is -2.54. The van der Waals surface area contributed by atoms with Gasteiger partial charge in [0.05, 0.1) is 6.10 Å². The van der Waals surface area contributed by atoms with Gasteiger partial charge in [0, 0.05) is 37.7 Å². The molecule has 0 aromatic carbocycles. The Hall–Kier alpha value is -0.810. The van der Waals surface area contributed by atoms with Crippen LogP contribution in [0.2, 0.25) is 0 Å². The van der Waals surface area contributed by atoms with Gasteiger partial charge in [-0.2, -0.15) is 0 Å². The van der Waals surface area contributed by atoms with Crippen molar-refractivity contribution in [2.75, 3.05) is 26.2 Å². The molecule has 23 heavy (non-hydrogen) atoms. The third-order valence-electron chi connectivity index (χ3n) is 4.92. The number of ether oxygens (including phenoxy) is 2. The molecule has 0 saturated heterocycles. The van der Waals surface area contributed by atoms with Crippen LogP contribution in [0, 0.1) is 5.41 Å². The van der Waals surface area contributed by atoms with Crippen LogP contribution in [0.5, 0.6) is 0 Å². The van der Waals surface area contributed by atoms with Gasteiger partial charge in [0.1, 0.15) is 5.60 Å². The fourth-order valence-corrected chi connectivity index (χ4v) is 3.15. The Bertz CT molecular complexity index is 381. The van der Waals surface area contributed by atoms with Crippen molar-refractivity contribution in [1.29, 1.82) is 0 Å². The molecule has 1 amide bonds. The van der Waals surface area contributed by atoms with Crippen molar-refractivity contribution < 1.29 is 14.3 Å². The maximum atomic E-state index is 12.1. The molecule has 0 bridgehead atoms. The van der Waals surface area contributed by atoms with Gasteiger partial charge in [-0.25, -0.2) is 4.79 Å². The summed E-state index contributed by atoms with van der Waals surface area (Å²) in [5.41, 5.74) is -0.254. The van der Waals surface area contributed by atoms with E-state index in [1.54, 1.807) is 4.90 Å². The highest BCUT2D eigenvalue weighted by atomic mass is 16.6. The van der Waals surface area contributed by atoms with Gasteiger partial charge >= 0.3 is 6.09 Å². The molecule has 0 aromatic rings. The van der Waals surface area contributed by atoms with Gasteiger partial charge in [-0.1, -0.05) is 13.8 Å². The van der Waals surface area contributed by atoms with Crippen LogP contribution in [0.1, 0.15) is 61.3 Å². The molecular formula is C18H36N2O3. The van der Waals surface area contributed by atoms with Crippen molar-refractivity contribution >= 4 is 6.09 Å². The second kappa shape index (κ2) is 8.34. The molecule has 1 aliphatic carbocycles. The first-order valence-electron chi connectivity index (χ1n) is 9.00. The Morgan fingerprint density at radius 1 is 1.30 bits per heavy atom. The van der Waals surface area contributed by atoms with Crippen molar-refractivity contribution in [2.45, 2.75) is 79.1 Å². The fraction of sp³-hybridized carbons (Fsp3) is 0.944. The monoisotopic (exact) mass is 328 g/mol. The summed E-state index contributed by atoms with van der Waals surface area (Å²) in [7, 11) is 0. The number of likely N-dealkylation sites (N-methyl/N-ethyl adjacent to an activating group) is 1. The zero-order chi connectivity index (χ0) is 17.7. The number of nitrogens with zero attached hydrogens (tertiary/aromatic N) is 1. The summed E-state index contributed by atoms with van der Waals surface area (Å²) < 4.78 is 11.3. The van der Waals surface area contributed by atoms with Crippen LogP contribution in [0.15, 0.2) is 0 Å². The van der Waals surface area contributed by atoms with Gasteiger partial charge in [0.2, 0.25) is 0 Å². The van der Waals surface area contributed by atoms with E-state index in [1.165, 1.54) is 0 Å². The highest BCUT2D eigenvalue weighted by molar-refractivity contribution is 5.68. The lowest BCUT2D eigenvalue weighted by molar-refractivity contribution is -0.125. The quantitative estimate of drug-likeness (QED) is 0.742. The predicted octanol–water partition coefficient (Wildman–Crippen LogP) is 3.43. The number of hydrogen-bond acceptors (Lipinski definition) is 4. The molecule has 0 radical (unpaired) electrons. The van der Waals surface area contributed by atoms with Gasteiger partial charge < -0.3 is 19.7 Å². The van der Waals surface area contributed by atoms with Gasteiger partial charge in [-0.15, -0.1) is 0 Å². The highest BCUT2D eigenvalue weighted by Crippen LogP contribution is 2.45. The zero-order valence-corrected chi connectivity index (χ0v) is 16.1. The SMILES string of the molecule is CCOC1CC(NCCN(CC)C(=O)OC(C)(C)C)C1(C)CC. The van der Waals surface area contributed by atoms with Crippen molar-refractivity contribution in [2.24, 2.45) is 5.41 Å². The molecule has 1 aliphatic rings. The van der Waals surface area contributed by atoms with Gasteiger partial charge in [-0.3, -0.25) is 0 Å². The Kier molecular flexibility index (Phi) is 7.33. The van der Waals surface area contributed by atoms with E-state index in [4.69, 9.17) is 9.47 Å². The van der Waals surface area contributed by atoms with Crippen molar-refractivity contribution in [3.8, 4) is 0 Å². The van der Waals surface area contributed by atoms with Crippen molar-refractivity contribution in [1.82, 2.24) is 10.2 Å². The van der Waals surface area contributed by atoms with E-state index >= 15 is 0 Å². The van der Waals surface area contributed by atoms with E-state index in [9.17, 15) is 4.79 Å². The van der Waals surface area contributed by atoms with Crippen LogP contribution < -0.4 is 5.32 Å². The largest absolute Gasteiger partial charge is 0.444 e. The van der Waals surface area contributed by atoms with Crippen molar-refractivity contribution in [3.63, 3.8) is 0 Å². The van der Waals surface area contributed by atoms with E-state index in [1.807, 2.05) is 27.7 Å². The minimum absolute atomic E-state index is 0.193. The Labute approximate surface area is 142 Å². The second-order valence-corrected chi connectivity index (χ2v) is 7.61. The summed E-state index contributed by atoms with van der Waals surface area (Å²) in [4.78, 5) is 13.9. The molecule has 5 heteroatoms. The second-order valence-electron chi connectivity index (χ2n) is 7.61. The molecule has 1 saturated carbocycles. The first kappa shape index (κ1) is 20.2. The summed E-state index contributed by atoms with van der Waals surface area (Å²) in [5.74, 6) is 0. The minimum atomic E-state index is -0.447. The van der Waals surface area contributed by atoms with Crippen LogP contribution in [-0.2, 0) is 9.47 Å². The molecule has 0 aliphatic heterocycles. The van der Waals surface area contributed by atoms with Gasteiger partial charge in [-0.05, 0) is 47.5 Å². The van der Waals surface area contributed by atoms with Gasteiger partial charge in [0.15, 0.2) is 0 Å². The Morgan fingerprint density at radius 2 is 1.96 bits per heavy atom. The van der Waals surface area contributed by atoms with Gasteiger partial charge in [0.25, 0.3) is 0 Å². The van der Waals surface area contributed by atoms with Crippen LogP contribution in [0.25, 0.3) is 0 Å². The molecule has 0 heterocycles. The number of hydrogen-bond donors (Lipinski definition) is 1. The topological polar surface area (TPSA) is 50.8 Å². The number of carbonyl (C=O) groups excluding carboxylic acids is 1. The molecule has 136 valence electrons. The van der Waals surface area contributed by atoms with Crippen LogP contribution in [-0.4, -0.2) is 55.0 Å². The minimum Gasteiger partial charge on any atom is -0.444 e. The van der Waals surface area contributed by atoms with E-state index in [2.05, 4.69) is 26.1 Å². The molecule has 3 atom stereocenters. The predicted molar refractivity (Wildman–Crippen MR) is 93.7 cm³/mol. The summed E-state index contributed by atoms with van der Waals surface area (Å²) in [5, 5.41) is 3.60. The average molecular weight is 328 g/mol. The Balaban J connectivity index is 2.42. The van der Waals surface area contributed by atoms with Crippen LogP contribution >= 0.6 is 0 Å². The third kappa shape index (κ3) is 5.35. The number of carbonyl (C=O) groups is 1. The standard InChI is InChI=1S/C18H36N2O3/c1-8-18(7)14(13-15(18)22-10-3)19-11-12-20(9-2)16(21)23-17(4,5)6/h14-15,19H,8-13H2,1-7H3. The van der Waals surface area contributed by atoms with E-state index in [-0.39, 0.29) is 11.5 Å². The first-order valence-corrected chi connectivity index (χ1v) is 9.00. The van der Waals surface area contributed by atoms with E-state index in [0.717, 1.165) is 26.0 Å². The summed E-state index contributed by atoms with van der Waals surface area (Å²) in [6.45, 7) is 17.1. The summed E-state index contributed by atoms with van der Waals surface area (Å²) >= 11 is 0. The normalized spacial score (nSPS) is 27.4. The molecule has 0 spiro atoms. The molecular weight excluding hydrogens is 292 g/mol. The summed E-state index contributed by atoms with van der Waals surface area (Å²) in [6, 6.07) is 0.460. The van der Waals surface area contributed by atoms with Crippen LogP contribution in [0.3, 0.4) is 0 Å². The molecule has 1 rings (SSSR count).